The SMILES string of the molecule is CCCCCCCCCCCCOC(C)c1ccc(-c2ccc(C(=O)Oc3ccccc3OCCCCC)cc2)cc1. The van der Waals surface area contributed by atoms with E-state index in [2.05, 4.69) is 45.0 Å². The van der Waals surface area contributed by atoms with E-state index in [0.717, 1.165) is 43.4 Å². The molecule has 228 valence electrons. The first kappa shape index (κ1) is 33.4. The highest BCUT2D eigenvalue weighted by atomic mass is 16.6. The van der Waals surface area contributed by atoms with Crippen LogP contribution in [-0.4, -0.2) is 19.2 Å². The van der Waals surface area contributed by atoms with Crippen molar-refractivity contribution in [3.63, 3.8) is 0 Å². The molecule has 0 fully saturated rings. The maximum atomic E-state index is 12.8. The topological polar surface area (TPSA) is 44.8 Å². The van der Waals surface area contributed by atoms with E-state index in [1.165, 1.54) is 63.4 Å². The zero-order chi connectivity index (χ0) is 29.8. The molecular weight excluding hydrogens is 520 g/mol. The van der Waals surface area contributed by atoms with Gasteiger partial charge in [0, 0.05) is 6.61 Å². The lowest BCUT2D eigenvalue weighted by molar-refractivity contribution is 0.0627. The molecule has 1 unspecified atom stereocenters. The van der Waals surface area contributed by atoms with Crippen LogP contribution >= 0.6 is 0 Å². The molecule has 4 nitrogen and oxygen atoms in total. The summed E-state index contributed by atoms with van der Waals surface area (Å²) >= 11 is 0. The molecule has 4 heteroatoms. The van der Waals surface area contributed by atoms with Crippen molar-refractivity contribution in [2.45, 2.75) is 110 Å². The van der Waals surface area contributed by atoms with Crippen molar-refractivity contribution in [1.29, 1.82) is 0 Å². The van der Waals surface area contributed by atoms with Gasteiger partial charge in [-0.1, -0.05) is 133 Å². The van der Waals surface area contributed by atoms with Gasteiger partial charge in [-0.3, -0.25) is 0 Å². The van der Waals surface area contributed by atoms with Crippen LogP contribution in [0.25, 0.3) is 11.1 Å². The summed E-state index contributed by atoms with van der Waals surface area (Å²) in [6, 6.07) is 23.4. The summed E-state index contributed by atoms with van der Waals surface area (Å²) < 4.78 is 17.6. The second-order valence-corrected chi connectivity index (χ2v) is 11.3. The first-order chi connectivity index (χ1) is 20.6. The van der Waals surface area contributed by atoms with Crippen LogP contribution in [-0.2, 0) is 4.74 Å². The Morgan fingerprint density at radius 1 is 0.595 bits per heavy atom. The number of ether oxygens (including phenoxy) is 3. The molecule has 3 aromatic rings. The monoisotopic (exact) mass is 572 g/mol. The zero-order valence-corrected chi connectivity index (χ0v) is 26.2. The van der Waals surface area contributed by atoms with Gasteiger partial charge in [-0.25, -0.2) is 4.79 Å². The quantitative estimate of drug-likeness (QED) is 0.0723. The molecule has 1 atom stereocenters. The maximum absolute atomic E-state index is 12.8. The molecule has 0 aliphatic carbocycles. The van der Waals surface area contributed by atoms with Crippen molar-refractivity contribution in [2.24, 2.45) is 0 Å². The lowest BCUT2D eigenvalue weighted by atomic mass is 10.0. The highest BCUT2D eigenvalue weighted by Crippen LogP contribution is 2.28. The molecule has 42 heavy (non-hydrogen) atoms. The van der Waals surface area contributed by atoms with Crippen LogP contribution in [0.2, 0.25) is 0 Å². The van der Waals surface area contributed by atoms with Gasteiger partial charge in [0.05, 0.1) is 18.3 Å². The third-order valence-corrected chi connectivity index (χ3v) is 7.76. The Labute approximate surface area is 254 Å². The highest BCUT2D eigenvalue weighted by Gasteiger charge is 2.13. The molecule has 0 radical (unpaired) electrons. The van der Waals surface area contributed by atoms with Crippen LogP contribution < -0.4 is 9.47 Å². The third kappa shape index (κ3) is 12.0. The smallest absolute Gasteiger partial charge is 0.343 e. The predicted molar refractivity (Wildman–Crippen MR) is 175 cm³/mol. The van der Waals surface area contributed by atoms with Gasteiger partial charge in [0.2, 0.25) is 0 Å². The second-order valence-electron chi connectivity index (χ2n) is 11.3. The Kier molecular flexibility index (Phi) is 15.8. The lowest BCUT2D eigenvalue weighted by Gasteiger charge is -2.14. The minimum absolute atomic E-state index is 0.0771. The minimum Gasteiger partial charge on any atom is -0.490 e. The average molecular weight is 573 g/mol. The molecule has 0 aliphatic heterocycles. The Morgan fingerprint density at radius 2 is 1.10 bits per heavy atom. The molecule has 0 aliphatic rings. The molecule has 0 bridgehead atoms. The van der Waals surface area contributed by atoms with Gasteiger partial charge in [0.1, 0.15) is 0 Å². The number of carbonyl (C=O) groups is 1. The van der Waals surface area contributed by atoms with Crippen molar-refractivity contribution in [1.82, 2.24) is 0 Å². The van der Waals surface area contributed by atoms with Crippen LogP contribution in [0.3, 0.4) is 0 Å². The lowest BCUT2D eigenvalue weighted by Crippen LogP contribution is -2.09. The van der Waals surface area contributed by atoms with E-state index in [1.54, 1.807) is 6.07 Å². The normalized spacial score (nSPS) is 11.8. The van der Waals surface area contributed by atoms with Crippen molar-refractivity contribution >= 4 is 5.97 Å². The standard InChI is InChI=1S/C38H52O4/c1-4-6-8-9-10-11-12-13-14-18-29-40-31(3)32-21-23-33(24-22-32)34-25-27-35(28-26-34)38(39)42-37-20-16-15-19-36(37)41-30-17-7-5-2/h15-16,19-28,31H,4-14,17-18,29-30H2,1-3H3. The predicted octanol–water partition coefficient (Wildman–Crippen LogP) is 11.1. The molecule has 0 spiro atoms. The summed E-state index contributed by atoms with van der Waals surface area (Å²) in [5, 5.41) is 0. The van der Waals surface area contributed by atoms with E-state index in [9.17, 15) is 4.79 Å². The molecule has 0 aromatic heterocycles. The number of hydrogen-bond acceptors (Lipinski definition) is 4. The molecule has 0 heterocycles. The average Bonchev–Trinajstić information content (AvgIpc) is 3.02. The molecule has 3 rings (SSSR count). The van der Waals surface area contributed by atoms with Crippen LogP contribution in [0.4, 0.5) is 0 Å². The number of rotatable bonds is 21. The highest BCUT2D eigenvalue weighted by molar-refractivity contribution is 5.92. The van der Waals surface area contributed by atoms with E-state index >= 15 is 0 Å². The summed E-state index contributed by atoms with van der Waals surface area (Å²) in [4.78, 5) is 12.8. The molecule has 0 N–H and O–H groups in total. The van der Waals surface area contributed by atoms with Gasteiger partial charge >= 0.3 is 5.97 Å². The Bertz CT molecular complexity index is 1140. The number of benzene rings is 3. The second kappa shape index (κ2) is 19.9. The Hall–Kier alpha value is -3.11. The van der Waals surface area contributed by atoms with Crippen molar-refractivity contribution < 1.29 is 19.0 Å². The van der Waals surface area contributed by atoms with Crippen LogP contribution in [0, 0.1) is 0 Å². The number of unbranched alkanes of at least 4 members (excludes halogenated alkanes) is 11. The van der Waals surface area contributed by atoms with E-state index in [-0.39, 0.29) is 6.10 Å². The van der Waals surface area contributed by atoms with Crippen LogP contribution in [0.5, 0.6) is 11.5 Å². The van der Waals surface area contributed by atoms with Crippen molar-refractivity contribution in [3.8, 4) is 22.6 Å². The van der Waals surface area contributed by atoms with Gasteiger partial charge in [-0.2, -0.15) is 0 Å². The number of carbonyl (C=O) groups excluding carboxylic acids is 1. The van der Waals surface area contributed by atoms with Gasteiger partial charge in [-0.05, 0) is 60.7 Å². The van der Waals surface area contributed by atoms with Gasteiger partial charge in [0.25, 0.3) is 0 Å². The summed E-state index contributed by atoms with van der Waals surface area (Å²) in [5.74, 6) is 0.651. The number of esters is 1. The summed E-state index contributed by atoms with van der Waals surface area (Å²) in [7, 11) is 0. The minimum atomic E-state index is -0.394. The molecule has 3 aromatic carbocycles. The van der Waals surface area contributed by atoms with Crippen LogP contribution in [0.15, 0.2) is 72.8 Å². The molecular formula is C38H52O4. The van der Waals surface area contributed by atoms with Gasteiger partial charge in [-0.15, -0.1) is 0 Å². The third-order valence-electron chi connectivity index (χ3n) is 7.76. The summed E-state index contributed by atoms with van der Waals surface area (Å²) in [5.41, 5.74) is 3.84. The first-order valence-electron chi connectivity index (χ1n) is 16.4. The van der Waals surface area contributed by atoms with Crippen LogP contribution in [0.1, 0.15) is 126 Å². The fraction of sp³-hybridized carbons (Fsp3) is 0.500. The molecule has 0 saturated carbocycles. The summed E-state index contributed by atoms with van der Waals surface area (Å²) in [6.07, 6.45) is 16.6. The van der Waals surface area contributed by atoms with Crippen molar-refractivity contribution in [2.75, 3.05) is 13.2 Å². The summed E-state index contributed by atoms with van der Waals surface area (Å²) in [6.45, 7) is 7.98. The largest absolute Gasteiger partial charge is 0.490 e. The van der Waals surface area contributed by atoms with E-state index in [4.69, 9.17) is 14.2 Å². The van der Waals surface area contributed by atoms with Gasteiger partial charge < -0.3 is 14.2 Å². The van der Waals surface area contributed by atoms with Gasteiger partial charge in [0.15, 0.2) is 11.5 Å². The zero-order valence-electron chi connectivity index (χ0n) is 26.2. The van der Waals surface area contributed by atoms with E-state index < -0.39 is 5.97 Å². The number of hydrogen-bond donors (Lipinski definition) is 0. The van der Waals surface area contributed by atoms with E-state index in [1.807, 2.05) is 42.5 Å². The Morgan fingerprint density at radius 3 is 1.71 bits per heavy atom. The van der Waals surface area contributed by atoms with Crippen molar-refractivity contribution in [3.05, 3.63) is 83.9 Å². The fourth-order valence-corrected chi connectivity index (χ4v) is 5.04. The number of para-hydroxylation sites is 2. The van der Waals surface area contributed by atoms with E-state index in [0.29, 0.717) is 23.7 Å². The maximum Gasteiger partial charge on any atom is 0.343 e. The Balaban J connectivity index is 1.40. The fourth-order valence-electron chi connectivity index (χ4n) is 5.04. The molecule has 0 saturated heterocycles. The molecule has 0 amide bonds. The first-order valence-corrected chi connectivity index (χ1v) is 16.4.